The van der Waals surface area contributed by atoms with Gasteiger partial charge in [-0.2, -0.15) is 8.42 Å². The van der Waals surface area contributed by atoms with E-state index in [-0.39, 0.29) is 17.5 Å². The fourth-order valence-electron chi connectivity index (χ4n) is 1.65. The maximum Gasteiger partial charge on any atom is 0.295 e. The second kappa shape index (κ2) is 5.46. The molecule has 0 radical (unpaired) electrons. The van der Waals surface area contributed by atoms with Gasteiger partial charge < -0.3 is 9.52 Å². The Morgan fingerprint density at radius 1 is 1.26 bits per heavy atom. The Kier molecular flexibility index (Phi) is 3.92. The fourth-order valence-corrected chi connectivity index (χ4v) is 2.65. The maximum atomic E-state index is 12.0. The highest BCUT2D eigenvalue weighted by molar-refractivity contribution is 7.92. The van der Waals surface area contributed by atoms with Crippen LogP contribution >= 0.6 is 0 Å². The molecular formula is C13H15NO4S. The second-order valence-electron chi connectivity index (χ2n) is 4.04. The Bertz CT molecular complexity index is 661. The van der Waals surface area contributed by atoms with Crippen LogP contribution in [0, 0.1) is 0 Å². The summed E-state index contributed by atoms with van der Waals surface area (Å²) in [6.07, 6.45) is 0.824. The predicted molar refractivity (Wildman–Crippen MR) is 71.3 cm³/mol. The molecule has 0 saturated heterocycles. The van der Waals surface area contributed by atoms with Gasteiger partial charge in [-0.1, -0.05) is 19.1 Å². The van der Waals surface area contributed by atoms with Gasteiger partial charge in [-0.05, 0) is 36.2 Å². The molecule has 0 spiro atoms. The van der Waals surface area contributed by atoms with Crippen LogP contribution in [0.15, 0.2) is 45.9 Å². The molecule has 0 aliphatic rings. The van der Waals surface area contributed by atoms with Crippen LogP contribution in [-0.2, 0) is 23.1 Å². The molecule has 1 aromatic heterocycles. The Balaban J connectivity index is 2.25. The van der Waals surface area contributed by atoms with Crippen LogP contribution in [-0.4, -0.2) is 13.5 Å². The summed E-state index contributed by atoms with van der Waals surface area (Å²) in [6, 6.07) is 9.90. The lowest BCUT2D eigenvalue weighted by atomic mass is 10.1. The van der Waals surface area contributed by atoms with Crippen molar-refractivity contribution in [3.8, 4) is 0 Å². The zero-order chi connectivity index (χ0) is 13.9. The van der Waals surface area contributed by atoms with Gasteiger partial charge in [0.2, 0.25) is 5.09 Å². The fraction of sp³-hybridized carbons (Fsp3) is 0.231. The third-order valence-corrected chi connectivity index (χ3v) is 3.90. The normalized spacial score (nSPS) is 11.5. The monoisotopic (exact) mass is 281 g/mol. The molecule has 1 heterocycles. The molecule has 0 fully saturated rings. The van der Waals surface area contributed by atoms with Gasteiger partial charge in [0, 0.05) is 5.69 Å². The van der Waals surface area contributed by atoms with Crippen molar-refractivity contribution in [2.45, 2.75) is 25.0 Å². The first-order valence-corrected chi connectivity index (χ1v) is 7.35. The standard InChI is InChI=1S/C13H15NO4S/c1-2-10-4-3-5-11(8-10)14-19(16,17)13-7-6-12(9-15)18-13/h3-8,14-15H,2,9H2,1H3. The average molecular weight is 281 g/mol. The predicted octanol–water partition coefficient (Wildman–Crippen LogP) is 2.14. The number of aliphatic hydroxyl groups is 1. The Morgan fingerprint density at radius 3 is 2.68 bits per heavy atom. The summed E-state index contributed by atoms with van der Waals surface area (Å²) in [4.78, 5) is 0. The van der Waals surface area contributed by atoms with E-state index in [4.69, 9.17) is 9.52 Å². The van der Waals surface area contributed by atoms with Crippen LogP contribution in [0.2, 0.25) is 0 Å². The van der Waals surface area contributed by atoms with Gasteiger partial charge in [0.25, 0.3) is 10.0 Å². The largest absolute Gasteiger partial charge is 0.445 e. The van der Waals surface area contributed by atoms with E-state index in [1.807, 2.05) is 13.0 Å². The number of aliphatic hydroxyl groups excluding tert-OH is 1. The van der Waals surface area contributed by atoms with Crippen LogP contribution in [0.1, 0.15) is 18.2 Å². The third kappa shape index (κ3) is 3.15. The van der Waals surface area contributed by atoms with Crippen LogP contribution in [0.4, 0.5) is 5.69 Å². The van der Waals surface area contributed by atoms with E-state index in [9.17, 15) is 8.42 Å². The highest BCUT2D eigenvalue weighted by Crippen LogP contribution is 2.19. The number of anilines is 1. The lowest BCUT2D eigenvalue weighted by Crippen LogP contribution is -2.12. The Morgan fingerprint density at radius 2 is 2.05 bits per heavy atom. The smallest absolute Gasteiger partial charge is 0.295 e. The van der Waals surface area contributed by atoms with Gasteiger partial charge in [0.1, 0.15) is 12.4 Å². The molecular weight excluding hydrogens is 266 g/mol. The Hall–Kier alpha value is -1.79. The summed E-state index contributed by atoms with van der Waals surface area (Å²) in [5.41, 5.74) is 1.52. The van der Waals surface area contributed by atoms with Gasteiger partial charge in [0.05, 0.1) is 0 Å². The number of sulfonamides is 1. The molecule has 0 atom stereocenters. The summed E-state index contributed by atoms with van der Waals surface area (Å²) < 4.78 is 31.6. The van der Waals surface area contributed by atoms with Crippen molar-refractivity contribution in [2.24, 2.45) is 0 Å². The Labute approximate surface area is 111 Å². The van der Waals surface area contributed by atoms with Crippen LogP contribution < -0.4 is 4.72 Å². The summed E-state index contributed by atoms with van der Waals surface area (Å²) in [5.74, 6) is 0.211. The summed E-state index contributed by atoms with van der Waals surface area (Å²) in [5, 5.41) is 8.66. The topological polar surface area (TPSA) is 79.5 Å². The van der Waals surface area contributed by atoms with Gasteiger partial charge in [-0.3, -0.25) is 4.72 Å². The number of furan rings is 1. The zero-order valence-corrected chi connectivity index (χ0v) is 11.3. The minimum atomic E-state index is -3.76. The summed E-state index contributed by atoms with van der Waals surface area (Å²) in [6.45, 7) is 1.66. The molecule has 1 aromatic carbocycles. The minimum absolute atomic E-state index is 0.210. The first-order chi connectivity index (χ1) is 9.05. The molecule has 0 unspecified atom stereocenters. The van der Waals surface area contributed by atoms with Crippen molar-refractivity contribution >= 4 is 15.7 Å². The summed E-state index contributed by atoms with van der Waals surface area (Å²) >= 11 is 0. The quantitative estimate of drug-likeness (QED) is 0.880. The van der Waals surface area contributed by atoms with Crippen molar-refractivity contribution in [3.05, 3.63) is 47.7 Å². The van der Waals surface area contributed by atoms with Crippen molar-refractivity contribution in [2.75, 3.05) is 4.72 Å². The molecule has 0 aliphatic carbocycles. The van der Waals surface area contributed by atoms with E-state index in [0.717, 1.165) is 12.0 Å². The molecule has 0 amide bonds. The number of nitrogens with one attached hydrogen (secondary N) is 1. The van der Waals surface area contributed by atoms with Crippen molar-refractivity contribution in [3.63, 3.8) is 0 Å². The molecule has 2 aromatic rings. The number of hydrogen-bond acceptors (Lipinski definition) is 4. The van der Waals surface area contributed by atoms with Crippen molar-refractivity contribution in [1.82, 2.24) is 0 Å². The lowest BCUT2D eigenvalue weighted by molar-refractivity contribution is 0.236. The van der Waals surface area contributed by atoms with E-state index in [1.165, 1.54) is 12.1 Å². The molecule has 19 heavy (non-hydrogen) atoms. The van der Waals surface area contributed by atoms with Gasteiger partial charge >= 0.3 is 0 Å². The van der Waals surface area contributed by atoms with Crippen LogP contribution in [0.3, 0.4) is 0 Å². The minimum Gasteiger partial charge on any atom is -0.445 e. The summed E-state index contributed by atoms with van der Waals surface area (Å²) in [7, 11) is -3.76. The van der Waals surface area contributed by atoms with Crippen LogP contribution in [0.25, 0.3) is 0 Å². The molecule has 2 rings (SSSR count). The molecule has 2 N–H and O–H groups in total. The van der Waals surface area contributed by atoms with E-state index in [0.29, 0.717) is 5.69 Å². The van der Waals surface area contributed by atoms with Crippen molar-refractivity contribution in [1.29, 1.82) is 0 Å². The zero-order valence-electron chi connectivity index (χ0n) is 10.5. The molecule has 0 aliphatic heterocycles. The lowest BCUT2D eigenvalue weighted by Gasteiger charge is -2.07. The van der Waals surface area contributed by atoms with E-state index in [2.05, 4.69) is 4.72 Å². The SMILES string of the molecule is CCc1cccc(NS(=O)(=O)c2ccc(CO)o2)c1. The molecule has 5 nitrogen and oxygen atoms in total. The number of rotatable bonds is 5. The van der Waals surface area contributed by atoms with Gasteiger partial charge in [-0.15, -0.1) is 0 Å². The van der Waals surface area contributed by atoms with E-state index >= 15 is 0 Å². The van der Waals surface area contributed by atoms with E-state index < -0.39 is 10.0 Å². The first kappa shape index (κ1) is 13.6. The number of benzene rings is 1. The van der Waals surface area contributed by atoms with Gasteiger partial charge in [-0.25, -0.2) is 0 Å². The van der Waals surface area contributed by atoms with Crippen LogP contribution in [0.5, 0.6) is 0 Å². The highest BCUT2D eigenvalue weighted by atomic mass is 32.2. The first-order valence-electron chi connectivity index (χ1n) is 5.86. The third-order valence-electron chi connectivity index (χ3n) is 2.65. The highest BCUT2D eigenvalue weighted by Gasteiger charge is 2.18. The van der Waals surface area contributed by atoms with E-state index in [1.54, 1.807) is 18.2 Å². The molecule has 6 heteroatoms. The maximum absolute atomic E-state index is 12.0. The average Bonchev–Trinajstić information content (AvgIpc) is 2.88. The van der Waals surface area contributed by atoms with Crippen molar-refractivity contribution < 1.29 is 17.9 Å². The molecule has 102 valence electrons. The molecule has 0 saturated carbocycles. The second-order valence-corrected chi connectivity index (χ2v) is 5.65. The number of hydrogen-bond donors (Lipinski definition) is 2. The molecule has 0 bridgehead atoms. The number of aryl methyl sites for hydroxylation is 1. The van der Waals surface area contributed by atoms with Gasteiger partial charge in [0.15, 0.2) is 0 Å².